The third kappa shape index (κ3) is 5.08. The Morgan fingerprint density at radius 1 is 1.23 bits per heavy atom. The van der Waals surface area contributed by atoms with Crippen molar-refractivity contribution >= 4 is 5.78 Å². The minimum Gasteiger partial charge on any atom is -0.494 e. The van der Waals surface area contributed by atoms with Crippen molar-refractivity contribution in [1.29, 1.82) is 5.26 Å². The predicted octanol–water partition coefficient (Wildman–Crippen LogP) is 3.43. The Labute approximate surface area is 176 Å². The van der Waals surface area contributed by atoms with Gasteiger partial charge in [-0.3, -0.25) is 14.2 Å². The van der Waals surface area contributed by atoms with Gasteiger partial charge in [-0.15, -0.1) is 0 Å². The zero-order valence-corrected chi connectivity index (χ0v) is 18.1. The van der Waals surface area contributed by atoms with E-state index in [9.17, 15) is 20.0 Å². The number of rotatable bonds is 9. The lowest BCUT2D eigenvalue weighted by Gasteiger charge is -2.17. The Balaban J connectivity index is 2.34. The molecule has 7 heteroatoms. The van der Waals surface area contributed by atoms with Crippen molar-refractivity contribution in [3.05, 3.63) is 56.4 Å². The van der Waals surface area contributed by atoms with Crippen molar-refractivity contribution in [2.75, 3.05) is 13.2 Å². The van der Waals surface area contributed by atoms with Gasteiger partial charge in [-0.2, -0.15) is 5.26 Å². The van der Waals surface area contributed by atoms with Crippen LogP contribution in [0.4, 0.5) is 0 Å². The third-order valence-electron chi connectivity index (χ3n) is 4.81. The molecule has 7 nitrogen and oxygen atoms in total. The molecule has 0 amide bonds. The highest BCUT2D eigenvalue weighted by atomic mass is 16.5. The first-order valence-electron chi connectivity index (χ1n) is 9.89. The normalized spacial score (nSPS) is 10.8. The summed E-state index contributed by atoms with van der Waals surface area (Å²) >= 11 is 0. The van der Waals surface area contributed by atoms with Gasteiger partial charge in [-0.05, 0) is 57.7 Å². The number of benzene rings is 1. The molecule has 0 saturated carbocycles. The van der Waals surface area contributed by atoms with E-state index in [1.165, 1.54) is 6.92 Å². The van der Waals surface area contributed by atoms with Crippen LogP contribution >= 0.6 is 0 Å². The molecule has 0 unspecified atom stereocenters. The van der Waals surface area contributed by atoms with Gasteiger partial charge in [0.15, 0.2) is 6.61 Å². The minimum atomic E-state index is -0.621. The molecule has 0 aliphatic heterocycles. The van der Waals surface area contributed by atoms with Gasteiger partial charge in [-0.25, -0.2) is 0 Å². The summed E-state index contributed by atoms with van der Waals surface area (Å²) < 4.78 is 12.2. The van der Waals surface area contributed by atoms with Gasteiger partial charge < -0.3 is 14.6 Å². The Morgan fingerprint density at radius 2 is 1.87 bits per heavy atom. The van der Waals surface area contributed by atoms with Crippen LogP contribution in [0.1, 0.15) is 52.9 Å². The average Bonchev–Trinajstić information content (AvgIpc) is 2.67. The number of ketones is 1. The molecule has 0 aliphatic rings. The first-order chi connectivity index (χ1) is 14.2. The predicted molar refractivity (Wildman–Crippen MR) is 113 cm³/mol. The highest BCUT2D eigenvalue weighted by Crippen LogP contribution is 2.25. The Kier molecular flexibility index (Phi) is 7.79. The molecule has 0 radical (unpaired) electrons. The molecule has 30 heavy (non-hydrogen) atoms. The van der Waals surface area contributed by atoms with Gasteiger partial charge in [0.25, 0.3) is 5.56 Å². The van der Waals surface area contributed by atoms with Gasteiger partial charge in [0, 0.05) is 13.2 Å². The Morgan fingerprint density at radius 3 is 2.43 bits per heavy atom. The van der Waals surface area contributed by atoms with Crippen molar-refractivity contribution in [1.82, 2.24) is 4.57 Å². The quantitative estimate of drug-likeness (QED) is 0.500. The van der Waals surface area contributed by atoms with Gasteiger partial charge in [0.2, 0.25) is 11.7 Å². The topological polar surface area (TPSA) is 102 Å². The summed E-state index contributed by atoms with van der Waals surface area (Å²) in [6.45, 7) is 9.23. The molecule has 0 fully saturated rings. The number of carbonyl (C=O) groups is 1. The summed E-state index contributed by atoms with van der Waals surface area (Å²) in [5.41, 5.74) is 1.08. The standard InChI is InChI=1S/C23H28N2O5/c1-14(2)29-11-7-10-25-22(27)18(12-24)17(5)20(23(25)28)19(26)13-30-21-15(3)8-6-9-16(21)4/h6,8-9,14,28H,7,10-11,13H2,1-5H3. The molecule has 1 heterocycles. The second kappa shape index (κ2) is 10.1. The largest absolute Gasteiger partial charge is 0.494 e. The molecule has 2 rings (SSSR count). The van der Waals surface area contributed by atoms with Crippen LogP contribution in [0.2, 0.25) is 0 Å². The molecule has 0 atom stereocenters. The van der Waals surface area contributed by atoms with E-state index in [1.54, 1.807) is 0 Å². The molecule has 160 valence electrons. The molecule has 1 aromatic carbocycles. The molecule has 0 bridgehead atoms. The third-order valence-corrected chi connectivity index (χ3v) is 4.81. The molecule has 0 saturated heterocycles. The fourth-order valence-electron chi connectivity index (χ4n) is 3.27. The number of para-hydroxylation sites is 1. The number of aromatic hydroxyl groups is 1. The molecule has 0 aliphatic carbocycles. The summed E-state index contributed by atoms with van der Waals surface area (Å²) in [6, 6.07) is 7.51. The fourth-order valence-corrected chi connectivity index (χ4v) is 3.27. The fraction of sp³-hybridized carbons (Fsp3) is 0.435. The summed E-state index contributed by atoms with van der Waals surface area (Å²) in [7, 11) is 0. The van der Waals surface area contributed by atoms with Crippen LogP contribution < -0.4 is 10.3 Å². The van der Waals surface area contributed by atoms with Crippen molar-refractivity contribution in [2.24, 2.45) is 0 Å². The zero-order valence-electron chi connectivity index (χ0n) is 18.1. The van der Waals surface area contributed by atoms with E-state index < -0.39 is 17.2 Å². The van der Waals surface area contributed by atoms with Crippen LogP contribution in [0.3, 0.4) is 0 Å². The molecule has 2 aromatic rings. The Bertz CT molecular complexity index is 1010. The van der Waals surface area contributed by atoms with Crippen molar-refractivity contribution in [2.45, 2.75) is 53.7 Å². The van der Waals surface area contributed by atoms with Crippen molar-refractivity contribution < 1.29 is 19.4 Å². The van der Waals surface area contributed by atoms with E-state index in [1.807, 2.05) is 52.0 Å². The van der Waals surface area contributed by atoms with E-state index in [0.717, 1.165) is 15.7 Å². The summed E-state index contributed by atoms with van der Waals surface area (Å²) in [5.74, 6) is -0.352. The lowest BCUT2D eigenvalue weighted by Crippen LogP contribution is -2.28. The molecule has 1 aromatic heterocycles. The average molecular weight is 412 g/mol. The van der Waals surface area contributed by atoms with Crippen LogP contribution in [0.25, 0.3) is 0 Å². The summed E-state index contributed by atoms with van der Waals surface area (Å²) in [4.78, 5) is 25.5. The first kappa shape index (κ1) is 23.2. The van der Waals surface area contributed by atoms with E-state index in [4.69, 9.17) is 9.47 Å². The minimum absolute atomic E-state index is 0.0437. The van der Waals surface area contributed by atoms with Crippen LogP contribution in [0.5, 0.6) is 11.6 Å². The number of nitriles is 1. The lowest BCUT2D eigenvalue weighted by molar-refractivity contribution is 0.0743. The highest BCUT2D eigenvalue weighted by Gasteiger charge is 2.24. The van der Waals surface area contributed by atoms with Crippen LogP contribution in [0.15, 0.2) is 23.0 Å². The number of aromatic nitrogens is 1. The van der Waals surface area contributed by atoms with Crippen molar-refractivity contribution in [3.8, 4) is 17.7 Å². The maximum absolute atomic E-state index is 12.9. The number of carbonyl (C=O) groups excluding carboxylic acids is 1. The van der Waals surface area contributed by atoms with E-state index in [-0.39, 0.29) is 35.9 Å². The number of Topliss-reactive ketones (excluding diaryl/α,β-unsaturated/α-hetero) is 1. The van der Waals surface area contributed by atoms with Crippen LogP contribution in [-0.4, -0.2) is 34.8 Å². The monoisotopic (exact) mass is 412 g/mol. The van der Waals surface area contributed by atoms with Crippen LogP contribution in [-0.2, 0) is 11.3 Å². The van der Waals surface area contributed by atoms with Gasteiger partial charge in [-0.1, -0.05) is 18.2 Å². The van der Waals surface area contributed by atoms with E-state index in [0.29, 0.717) is 18.8 Å². The summed E-state index contributed by atoms with van der Waals surface area (Å²) in [5, 5.41) is 20.1. The van der Waals surface area contributed by atoms with Crippen LogP contribution in [0, 0.1) is 32.1 Å². The van der Waals surface area contributed by atoms with Gasteiger partial charge in [0.05, 0.1) is 11.7 Å². The number of aryl methyl sites for hydroxylation is 2. The second-order valence-electron chi connectivity index (χ2n) is 7.47. The lowest BCUT2D eigenvalue weighted by atomic mass is 10.0. The molecular formula is C23H28N2O5. The SMILES string of the molecule is Cc1cccc(C)c1OCC(=O)c1c(C)c(C#N)c(=O)n(CCCOC(C)C)c1O. The number of ether oxygens (including phenoxy) is 2. The number of hydrogen-bond acceptors (Lipinski definition) is 6. The number of nitrogens with zero attached hydrogens (tertiary/aromatic N) is 2. The van der Waals surface area contributed by atoms with Gasteiger partial charge >= 0.3 is 0 Å². The van der Waals surface area contributed by atoms with E-state index >= 15 is 0 Å². The molecular weight excluding hydrogens is 384 g/mol. The highest BCUT2D eigenvalue weighted by molar-refractivity contribution is 6.01. The molecule has 0 spiro atoms. The second-order valence-corrected chi connectivity index (χ2v) is 7.47. The van der Waals surface area contributed by atoms with Gasteiger partial charge in [0.1, 0.15) is 17.4 Å². The molecule has 1 N–H and O–H groups in total. The Hall–Kier alpha value is -3.11. The summed E-state index contributed by atoms with van der Waals surface area (Å²) in [6.07, 6.45) is 0.494. The van der Waals surface area contributed by atoms with E-state index in [2.05, 4.69) is 0 Å². The maximum Gasteiger partial charge on any atom is 0.271 e. The van der Waals surface area contributed by atoms with Crippen molar-refractivity contribution in [3.63, 3.8) is 0 Å². The maximum atomic E-state index is 12.9. The smallest absolute Gasteiger partial charge is 0.271 e. The number of pyridine rings is 1. The number of hydrogen-bond donors (Lipinski definition) is 1. The first-order valence-corrected chi connectivity index (χ1v) is 9.89. The zero-order chi connectivity index (χ0) is 22.4.